The molecule has 0 heterocycles. The molecule has 0 aliphatic carbocycles. The minimum Gasteiger partial charge on any atom is -0.482 e. The second kappa shape index (κ2) is 5.39. The molecule has 0 fully saturated rings. The second-order valence-electron chi connectivity index (χ2n) is 4.05. The van der Waals surface area contributed by atoms with Crippen molar-refractivity contribution >= 4 is 11.6 Å². The first-order valence-electron chi connectivity index (χ1n) is 5.27. The second-order valence-corrected chi connectivity index (χ2v) is 4.05. The van der Waals surface area contributed by atoms with E-state index < -0.39 is 0 Å². The van der Waals surface area contributed by atoms with Crippen LogP contribution in [0.2, 0.25) is 0 Å². The predicted octanol–water partition coefficient (Wildman–Crippen LogP) is 1.48. The van der Waals surface area contributed by atoms with Crippen LogP contribution >= 0.6 is 0 Å². The molecule has 0 aliphatic heterocycles. The van der Waals surface area contributed by atoms with Crippen molar-refractivity contribution in [1.29, 1.82) is 0 Å². The number of aryl methyl sites for hydroxylation is 1. The van der Waals surface area contributed by atoms with Gasteiger partial charge in [-0.25, -0.2) is 0 Å². The van der Waals surface area contributed by atoms with Crippen LogP contribution in [-0.2, 0) is 4.79 Å². The third-order valence-electron chi connectivity index (χ3n) is 1.98. The molecule has 0 bridgehead atoms. The lowest BCUT2D eigenvalue weighted by atomic mass is 10.2. The Hall–Kier alpha value is -1.71. The van der Waals surface area contributed by atoms with Gasteiger partial charge in [0, 0.05) is 6.04 Å². The topological polar surface area (TPSA) is 64.3 Å². The Kier molecular flexibility index (Phi) is 4.17. The van der Waals surface area contributed by atoms with Gasteiger partial charge in [0.2, 0.25) is 0 Å². The van der Waals surface area contributed by atoms with Gasteiger partial charge in [-0.3, -0.25) is 4.79 Å². The van der Waals surface area contributed by atoms with E-state index in [-0.39, 0.29) is 18.6 Å². The molecule has 16 heavy (non-hydrogen) atoms. The average molecular weight is 222 g/mol. The highest BCUT2D eigenvalue weighted by Crippen LogP contribution is 2.21. The molecule has 0 saturated carbocycles. The highest BCUT2D eigenvalue weighted by Gasteiger charge is 2.06. The van der Waals surface area contributed by atoms with E-state index in [4.69, 9.17) is 10.5 Å². The summed E-state index contributed by atoms with van der Waals surface area (Å²) >= 11 is 0. The number of hydrogen-bond donors (Lipinski definition) is 2. The van der Waals surface area contributed by atoms with E-state index in [2.05, 4.69) is 5.32 Å². The number of hydrogen-bond acceptors (Lipinski definition) is 3. The molecule has 0 atom stereocenters. The number of carbonyl (C=O) groups is 1. The van der Waals surface area contributed by atoms with Gasteiger partial charge in [-0.2, -0.15) is 0 Å². The number of anilines is 1. The van der Waals surface area contributed by atoms with Gasteiger partial charge in [0.15, 0.2) is 6.61 Å². The standard InChI is InChI=1S/C12H18N2O2/c1-8(2)14-12(15)7-16-11-6-9(3)4-5-10(11)13/h4-6,8H,7,13H2,1-3H3,(H,14,15). The van der Waals surface area contributed by atoms with E-state index in [1.54, 1.807) is 6.07 Å². The summed E-state index contributed by atoms with van der Waals surface area (Å²) in [6.45, 7) is 5.74. The summed E-state index contributed by atoms with van der Waals surface area (Å²) < 4.78 is 5.34. The van der Waals surface area contributed by atoms with Crippen LogP contribution in [0.5, 0.6) is 5.75 Å². The van der Waals surface area contributed by atoms with Gasteiger partial charge in [0.1, 0.15) is 5.75 Å². The molecule has 4 heteroatoms. The van der Waals surface area contributed by atoms with Crippen LogP contribution in [-0.4, -0.2) is 18.6 Å². The van der Waals surface area contributed by atoms with Gasteiger partial charge in [-0.05, 0) is 38.5 Å². The lowest BCUT2D eigenvalue weighted by molar-refractivity contribution is -0.123. The Morgan fingerprint density at radius 3 is 2.81 bits per heavy atom. The Morgan fingerprint density at radius 2 is 2.19 bits per heavy atom. The zero-order chi connectivity index (χ0) is 12.1. The average Bonchev–Trinajstić information content (AvgIpc) is 2.18. The van der Waals surface area contributed by atoms with E-state index >= 15 is 0 Å². The van der Waals surface area contributed by atoms with Crippen molar-refractivity contribution in [2.24, 2.45) is 0 Å². The van der Waals surface area contributed by atoms with Gasteiger partial charge in [-0.15, -0.1) is 0 Å². The lowest BCUT2D eigenvalue weighted by Crippen LogP contribution is -2.34. The number of ether oxygens (including phenoxy) is 1. The molecular weight excluding hydrogens is 204 g/mol. The largest absolute Gasteiger partial charge is 0.482 e. The highest BCUT2D eigenvalue weighted by atomic mass is 16.5. The number of nitrogens with one attached hydrogen (secondary N) is 1. The maximum atomic E-state index is 11.3. The van der Waals surface area contributed by atoms with Crippen LogP contribution in [0.4, 0.5) is 5.69 Å². The molecular formula is C12H18N2O2. The van der Waals surface area contributed by atoms with Gasteiger partial charge in [-0.1, -0.05) is 6.07 Å². The highest BCUT2D eigenvalue weighted by molar-refractivity contribution is 5.78. The first kappa shape index (κ1) is 12.4. The maximum Gasteiger partial charge on any atom is 0.258 e. The quantitative estimate of drug-likeness (QED) is 0.758. The van der Waals surface area contributed by atoms with E-state index in [9.17, 15) is 4.79 Å². The van der Waals surface area contributed by atoms with Crippen LogP contribution < -0.4 is 15.8 Å². The van der Waals surface area contributed by atoms with Crippen molar-refractivity contribution in [3.05, 3.63) is 23.8 Å². The fraction of sp³-hybridized carbons (Fsp3) is 0.417. The van der Waals surface area contributed by atoms with Gasteiger partial charge < -0.3 is 15.8 Å². The summed E-state index contributed by atoms with van der Waals surface area (Å²) in [5, 5.41) is 2.74. The number of nitrogen functional groups attached to an aromatic ring is 1. The normalized spacial score (nSPS) is 10.2. The van der Waals surface area contributed by atoms with Crippen molar-refractivity contribution in [2.45, 2.75) is 26.8 Å². The summed E-state index contributed by atoms with van der Waals surface area (Å²) in [5.41, 5.74) is 7.31. The molecule has 1 rings (SSSR count). The van der Waals surface area contributed by atoms with Crippen molar-refractivity contribution in [1.82, 2.24) is 5.32 Å². The van der Waals surface area contributed by atoms with Crippen molar-refractivity contribution < 1.29 is 9.53 Å². The summed E-state index contributed by atoms with van der Waals surface area (Å²) in [6, 6.07) is 5.60. The van der Waals surface area contributed by atoms with Crippen LogP contribution in [0.25, 0.3) is 0 Å². The molecule has 1 amide bonds. The minimum atomic E-state index is -0.143. The summed E-state index contributed by atoms with van der Waals surface area (Å²) in [6.07, 6.45) is 0. The smallest absolute Gasteiger partial charge is 0.258 e. The molecule has 0 saturated heterocycles. The fourth-order valence-electron chi connectivity index (χ4n) is 1.27. The monoisotopic (exact) mass is 222 g/mol. The first-order valence-corrected chi connectivity index (χ1v) is 5.27. The Bertz CT molecular complexity index is 375. The molecule has 0 aromatic heterocycles. The van der Waals surface area contributed by atoms with E-state index in [0.717, 1.165) is 5.56 Å². The van der Waals surface area contributed by atoms with Crippen LogP contribution in [0.3, 0.4) is 0 Å². The molecule has 1 aromatic rings. The third kappa shape index (κ3) is 3.81. The fourth-order valence-corrected chi connectivity index (χ4v) is 1.27. The van der Waals surface area contributed by atoms with Gasteiger partial charge in [0.25, 0.3) is 5.91 Å². The summed E-state index contributed by atoms with van der Waals surface area (Å²) in [5.74, 6) is 0.412. The Balaban J connectivity index is 2.54. The molecule has 0 radical (unpaired) electrons. The Labute approximate surface area is 95.8 Å². The molecule has 0 unspecified atom stereocenters. The molecule has 3 N–H and O–H groups in total. The molecule has 1 aromatic carbocycles. The van der Waals surface area contributed by atoms with E-state index in [1.165, 1.54) is 0 Å². The number of nitrogens with two attached hydrogens (primary N) is 1. The number of benzene rings is 1. The maximum absolute atomic E-state index is 11.3. The number of amides is 1. The van der Waals surface area contributed by atoms with E-state index in [0.29, 0.717) is 11.4 Å². The molecule has 0 spiro atoms. The Morgan fingerprint density at radius 1 is 1.50 bits per heavy atom. The number of rotatable bonds is 4. The molecule has 0 aliphatic rings. The van der Waals surface area contributed by atoms with Crippen molar-refractivity contribution in [3.8, 4) is 5.75 Å². The zero-order valence-electron chi connectivity index (χ0n) is 9.91. The summed E-state index contributed by atoms with van der Waals surface area (Å²) in [4.78, 5) is 11.3. The summed E-state index contributed by atoms with van der Waals surface area (Å²) in [7, 11) is 0. The van der Waals surface area contributed by atoms with Crippen molar-refractivity contribution in [2.75, 3.05) is 12.3 Å². The lowest BCUT2D eigenvalue weighted by Gasteiger charge is -2.11. The third-order valence-corrected chi connectivity index (χ3v) is 1.98. The SMILES string of the molecule is Cc1ccc(N)c(OCC(=O)NC(C)C)c1. The molecule has 88 valence electrons. The van der Waals surface area contributed by atoms with Crippen LogP contribution in [0.15, 0.2) is 18.2 Å². The van der Waals surface area contributed by atoms with E-state index in [1.807, 2.05) is 32.9 Å². The molecule has 4 nitrogen and oxygen atoms in total. The first-order chi connectivity index (χ1) is 7.49. The minimum absolute atomic E-state index is 0.00810. The number of carbonyl (C=O) groups excluding carboxylic acids is 1. The van der Waals surface area contributed by atoms with Crippen LogP contribution in [0.1, 0.15) is 19.4 Å². The van der Waals surface area contributed by atoms with Crippen molar-refractivity contribution in [3.63, 3.8) is 0 Å². The zero-order valence-corrected chi connectivity index (χ0v) is 9.91. The van der Waals surface area contributed by atoms with Gasteiger partial charge in [0.05, 0.1) is 5.69 Å². The van der Waals surface area contributed by atoms with Crippen LogP contribution in [0, 0.1) is 6.92 Å². The predicted molar refractivity (Wildman–Crippen MR) is 64.4 cm³/mol. The van der Waals surface area contributed by atoms with Gasteiger partial charge >= 0.3 is 0 Å².